The molecule has 17 heavy (non-hydrogen) atoms. The highest BCUT2D eigenvalue weighted by Gasteiger charge is 2.12. The summed E-state index contributed by atoms with van der Waals surface area (Å²) in [6.07, 6.45) is 0. The number of rotatable bonds is 6. The second kappa shape index (κ2) is 6.87. The maximum absolute atomic E-state index is 6.10. The van der Waals surface area contributed by atoms with Crippen molar-refractivity contribution in [1.29, 1.82) is 0 Å². The molecule has 1 aromatic carbocycles. The van der Waals surface area contributed by atoms with Gasteiger partial charge in [0, 0.05) is 17.3 Å². The van der Waals surface area contributed by atoms with Crippen LogP contribution in [0.15, 0.2) is 18.2 Å². The lowest BCUT2D eigenvalue weighted by atomic mass is 9.95. The number of nitrogens with one attached hydrogen (secondary N) is 2. The summed E-state index contributed by atoms with van der Waals surface area (Å²) in [5.74, 6) is 1.29. The van der Waals surface area contributed by atoms with Gasteiger partial charge in [0.2, 0.25) is 0 Å². The summed E-state index contributed by atoms with van der Waals surface area (Å²) in [6, 6.07) is 6.12. The van der Waals surface area contributed by atoms with Gasteiger partial charge in [-0.25, -0.2) is 0 Å². The average Bonchev–Trinajstić information content (AvgIpc) is 2.28. The topological polar surface area (TPSA) is 24.1 Å². The molecule has 1 aromatic rings. The van der Waals surface area contributed by atoms with E-state index >= 15 is 0 Å². The lowest BCUT2D eigenvalue weighted by Gasteiger charge is -2.21. The Bertz CT molecular complexity index is 350. The average molecular weight is 255 g/mol. The van der Waals surface area contributed by atoms with Crippen molar-refractivity contribution in [2.75, 3.05) is 25.5 Å². The molecule has 0 amide bonds. The van der Waals surface area contributed by atoms with E-state index in [2.05, 4.69) is 30.5 Å². The van der Waals surface area contributed by atoms with E-state index in [0.717, 1.165) is 29.4 Å². The molecule has 0 radical (unpaired) electrons. The highest BCUT2D eigenvalue weighted by atomic mass is 35.5. The van der Waals surface area contributed by atoms with Crippen molar-refractivity contribution in [1.82, 2.24) is 5.32 Å². The molecule has 2 N–H and O–H groups in total. The van der Waals surface area contributed by atoms with Crippen molar-refractivity contribution in [2.24, 2.45) is 11.8 Å². The standard InChI is InChI=1S/C14H23ClN2/c1-10(2)12(8-16-4)9-17-13-6-5-11(3)14(15)7-13/h5-7,10,12,16-17H,8-9H2,1-4H3. The molecule has 0 aliphatic heterocycles. The van der Waals surface area contributed by atoms with E-state index in [9.17, 15) is 0 Å². The van der Waals surface area contributed by atoms with Gasteiger partial charge in [0.25, 0.3) is 0 Å². The van der Waals surface area contributed by atoms with Crippen LogP contribution in [0.3, 0.4) is 0 Å². The van der Waals surface area contributed by atoms with E-state index in [1.54, 1.807) is 0 Å². The zero-order chi connectivity index (χ0) is 12.8. The van der Waals surface area contributed by atoms with Crippen LogP contribution in [-0.2, 0) is 0 Å². The van der Waals surface area contributed by atoms with Gasteiger partial charge in [0.05, 0.1) is 0 Å². The Labute approximate surface area is 110 Å². The van der Waals surface area contributed by atoms with Crippen molar-refractivity contribution in [3.8, 4) is 0 Å². The van der Waals surface area contributed by atoms with Crippen LogP contribution in [0.2, 0.25) is 5.02 Å². The largest absolute Gasteiger partial charge is 0.385 e. The highest BCUT2D eigenvalue weighted by Crippen LogP contribution is 2.20. The second-order valence-corrected chi connectivity index (χ2v) is 5.31. The lowest BCUT2D eigenvalue weighted by molar-refractivity contribution is 0.390. The van der Waals surface area contributed by atoms with E-state index < -0.39 is 0 Å². The smallest absolute Gasteiger partial charge is 0.0455 e. The summed E-state index contributed by atoms with van der Waals surface area (Å²) in [7, 11) is 2.00. The molecule has 0 aliphatic carbocycles. The molecule has 96 valence electrons. The molecule has 0 heterocycles. The molecule has 1 rings (SSSR count). The molecular weight excluding hydrogens is 232 g/mol. The van der Waals surface area contributed by atoms with Crippen LogP contribution in [0.5, 0.6) is 0 Å². The Morgan fingerprint density at radius 1 is 1.24 bits per heavy atom. The SMILES string of the molecule is CNCC(CNc1ccc(C)c(Cl)c1)C(C)C. The summed E-state index contributed by atoms with van der Waals surface area (Å²) < 4.78 is 0. The Morgan fingerprint density at radius 3 is 2.47 bits per heavy atom. The summed E-state index contributed by atoms with van der Waals surface area (Å²) in [4.78, 5) is 0. The quantitative estimate of drug-likeness (QED) is 0.811. The first kappa shape index (κ1) is 14.3. The lowest BCUT2D eigenvalue weighted by Crippen LogP contribution is -2.29. The maximum Gasteiger partial charge on any atom is 0.0455 e. The van der Waals surface area contributed by atoms with Gasteiger partial charge in [-0.05, 0) is 50.0 Å². The van der Waals surface area contributed by atoms with Gasteiger partial charge in [0.15, 0.2) is 0 Å². The highest BCUT2D eigenvalue weighted by molar-refractivity contribution is 6.31. The van der Waals surface area contributed by atoms with Crippen LogP contribution in [0.25, 0.3) is 0 Å². The third kappa shape index (κ3) is 4.57. The maximum atomic E-state index is 6.10. The number of anilines is 1. The summed E-state index contributed by atoms with van der Waals surface area (Å²) in [5, 5.41) is 7.52. The van der Waals surface area contributed by atoms with Gasteiger partial charge in [0.1, 0.15) is 0 Å². The van der Waals surface area contributed by atoms with E-state index in [-0.39, 0.29) is 0 Å². The molecule has 0 fully saturated rings. The molecule has 0 spiro atoms. The molecule has 0 saturated carbocycles. The van der Waals surface area contributed by atoms with Crippen molar-refractivity contribution < 1.29 is 0 Å². The Balaban J connectivity index is 2.56. The molecular formula is C14H23ClN2. The van der Waals surface area contributed by atoms with Crippen molar-refractivity contribution in [3.05, 3.63) is 28.8 Å². The van der Waals surface area contributed by atoms with Gasteiger partial charge in [-0.3, -0.25) is 0 Å². The molecule has 1 unspecified atom stereocenters. The second-order valence-electron chi connectivity index (χ2n) is 4.91. The van der Waals surface area contributed by atoms with Crippen molar-refractivity contribution >= 4 is 17.3 Å². The van der Waals surface area contributed by atoms with Gasteiger partial charge >= 0.3 is 0 Å². The van der Waals surface area contributed by atoms with E-state index in [4.69, 9.17) is 11.6 Å². The first-order valence-electron chi connectivity index (χ1n) is 6.19. The Kier molecular flexibility index (Phi) is 5.79. The molecule has 0 bridgehead atoms. The van der Waals surface area contributed by atoms with Crippen LogP contribution in [0, 0.1) is 18.8 Å². The predicted molar refractivity (Wildman–Crippen MR) is 76.9 cm³/mol. The number of hydrogen-bond acceptors (Lipinski definition) is 2. The summed E-state index contributed by atoms with van der Waals surface area (Å²) >= 11 is 6.10. The van der Waals surface area contributed by atoms with Gasteiger partial charge in [-0.15, -0.1) is 0 Å². The summed E-state index contributed by atoms with van der Waals surface area (Å²) in [5.41, 5.74) is 2.22. The van der Waals surface area contributed by atoms with Crippen LogP contribution < -0.4 is 10.6 Å². The Hall–Kier alpha value is -0.730. The first-order valence-corrected chi connectivity index (χ1v) is 6.57. The third-order valence-corrected chi connectivity index (χ3v) is 3.56. The number of aryl methyl sites for hydroxylation is 1. The molecule has 0 aliphatic rings. The fourth-order valence-corrected chi connectivity index (χ4v) is 1.94. The van der Waals surface area contributed by atoms with Crippen LogP contribution in [0.4, 0.5) is 5.69 Å². The van der Waals surface area contributed by atoms with Crippen LogP contribution >= 0.6 is 11.6 Å². The summed E-state index contributed by atoms with van der Waals surface area (Å²) in [6.45, 7) is 8.53. The Morgan fingerprint density at radius 2 is 1.94 bits per heavy atom. The molecule has 0 aromatic heterocycles. The van der Waals surface area contributed by atoms with Gasteiger partial charge in [-0.2, -0.15) is 0 Å². The predicted octanol–water partition coefficient (Wildman–Crippen LogP) is 3.55. The molecule has 2 nitrogen and oxygen atoms in total. The van der Waals surface area contributed by atoms with Gasteiger partial charge in [-0.1, -0.05) is 31.5 Å². The first-order chi connectivity index (χ1) is 8.04. The zero-order valence-corrected chi connectivity index (χ0v) is 11.9. The normalized spacial score (nSPS) is 12.8. The number of halogens is 1. The minimum Gasteiger partial charge on any atom is -0.385 e. The fourth-order valence-electron chi connectivity index (χ4n) is 1.76. The minimum absolute atomic E-state index is 0.625. The third-order valence-electron chi connectivity index (χ3n) is 3.15. The fraction of sp³-hybridized carbons (Fsp3) is 0.571. The zero-order valence-electron chi connectivity index (χ0n) is 11.2. The monoisotopic (exact) mass is 254 g/mol. The van der Waals surface area contributed by atoms with Crippen molar-refractivity contribution in [2.45, 2.75) is 20.8 Å². The minimum atomic E-state index is 0.625. The van der Waals surface area contributed by atoms with Gasteiger partial charge < -0.3 is 10.6 Å². The van der Waals surface area contributed by atoms with E-state index in [0.29, 0.717) is 11.8 Å². The van der Waals surface area contributed by atoms with Crippen LogP contribution in [0.1, 0.15) is 19.4 Å². The number of hydrogen-bond donors (Lipinski definition) is 2. The van der Waals surface area contributed by atoms with E-state index in [1.807, 2.05) is 26.1 Å². The van der Waals surface area contributed by atoms with Crippen molar-refractivity contribution in [3.63, 3.8) is 0 Å². The molecule has 1 atom stereocenters. The van der Waals surface area contributed by atoms with Crippen LogP contribution in [-0.4, -0.2) is 20.1 Å². The number of benzene rings is 1. The molecule has 3 heteroatoms. The van der Waals surface area contributed by atoms with E-state index in [1.165, 1.54) is 0 Å². The molecule has 0 saturated heterocycles.